The zero-order valence-electron chi connectivity index (χ0n) is 14.8. The molecule has 0 fully saturated rings. The third-order valence-electron chi connectivity index (χ3n) is 4.00. The fraction of sp³-hybridized carbons (Fsp3) is 0.316. The van der Waals surface area contributed by atoms with Crippen LogP contribution in [0.2, 0.25) is 0 Å². The highest BCUT2D eigenvalue weighted by Gasteiger charge is 2.26. The maximum Gasteiger partial charge on any atom is 0.273 e. The Bertz CT molecular complexity index is 823. The summed E-state index contributed by atoms with van der Waals surface area (Å²) in [7, 11) is 0. The first-order valence-electron chi connectivity index (χ1n) is 7.94. The number of nitrogens with one attached hydrogen (secondary N) is 1. The summed E-state index contributed by atoms with van der Waals surface area (Å²) in [6, 6.07) is 9.78. The van der Waals surface area contributed by atoms with Crippen molar-refractivity contribution in [2.75, 3.05) is 5.32 Å². The standard InChI is InChI=1S/C19H22N2O4/c1-12-5-6-13(11-22)9-16(12)20-18(23)14-7-8-15(19(2,3)4)17(10-14)21(24)25/h5-10,22H,11H2,1-4H3,(H,20,23). The first-order valence-corrected chi connectivity index (χ1v) is 7.94. The molecule has 0 aliphatic heterocycles. The summed E-state index contributed by atoms with van der Waals surface area (Å²) < 4.78 is 0. The number of hydrogen-bond donors (Lipinski definition) is 2. The summed E-state index contributed by atoms with van der Waals surface area (Å²) in [5.74, 6) is -0.429. The van der Waals surface area contributed by atoms with Gasteiger partial charge in [0.2, 0.25) is 0 Å². The molecule has 0 spiro atoms. The number of aryl methyl sites for hydroxylation is 1. The van der Waals surface area contributed by atoms with Crippen molar-refractivity contribution in [3.8, 4) is 0 Å². The number of hydrogen-bond acceptors (Lipinski definition) is 4. The molecule has 0 saturated carbocycles. The summed E-state index contributed by atoms with van der Waals surface area (Å²) in [6.07, 6.45) is 0. The molecule has 2 rings (SSSR count). The average Bonchev–Trinajstić information content (AvgIpc) is 2.55. The van der Waals surface area contributed by atoms with Crippen LogP contribution in [-0.4, -0.2) is 15.9 Å². The van der Waals surface area contributed by atoms with Gasteiger partial charge < -0.3 is 10.4 Å². The first kappa shape index (κ1) is 18.6. The predicted molar refractivity (Wildman–Crippen MR) is 96.9 cm³/mol. The lowest BCUT2D eigenvalue weighted by Crippen LogP contribution is -2.17. The quantitative estimate of drug-likeness (QED) is 0.650. The maximum absolute atomic E-state index is 12.5. The second-order valence-electron chi connectivity index (χ2n) is 7.00. The number of rotatable bonds is 4. The van der Waals surface area contributed by atoms with Crippen molar-refractivity contribution < 1.29 is 14.8 Å². The molecule has 0 radical (unpaired) electrons. The third-order valence-corrected chi connectivity index (χ3v) is 4.00. The predicted octanol–water partition coefficient (Wildman–Crippen LogP) is 3.95. The van der Waals surface area contributed by atoms with Crippen LogP contribution < -0.4 is 5.32 Å². The molecule has 0 atom stereocenters. The molecule has 0 aliphatic rings. The monoisotopic (exact) mass is 342 g/mol. The number of nitro groups is 1. The number of nitrogens with zero attached hydrogens (tertiary/aromatic N) is 1. The van der Waals surface area contributed by atoms with Crippen molar-refractivity contribution in [1.82, 2.24) is 0 Å². The number of carbonyl (C=O) groups excluding carboxylic acids is 1. The largest absolute Gasteiger partial charge is 0.392 e. The van der Waals surface area contributed by atoms with E-state index in [0.29, 0.717) is 16.8 Å². The minimum atomic E-state index is -0.463. The van der Waals surface area contributed by atoms with E-state index in [4.69, 9.17) is 0 Å². The molecule has 0 heterocycles. The van der Waals surface area contributed by atoms with Crippen LogP contribution in [0, 0.1) is 17.0 Å². The first-order chi connectivity index (χ1) is 11.6. The SMILES string of the molecule is Cc1ccc(CO)cc1NC(=O)c1ccc(C(C)(C)C)c([N+](=O)[O-])c1. The van der Waals surface area contributed by atoms with Gasteiger partial charge in [-0.05, 0) is 35.6 Å². The molecule has 6 nitrogen and oxygen atoms in total. The van der Waals surface area contributed by atoms with Crippen LogP contribution >= 0.6 is 0 Å². The molecule has 0 bridgehead atoms. The lowest BCUT2D eigenvalue weighted by molar-refractivity contribution is -0.386. The lowest BCUT2D eigenvalue weighted by atomic mass is 9.85. The number of aliphatic hydroxyl groups is 1. The lowest BCUT2D eigenvalue weighted by Gasteiger charge is -2.19. The van der Waals surface area contributed by atoms with E-state index < -0.39 is 16.2 Å². The van der Waals surface area contributed by atoms with Crippen molar-refractivity contribution >= 4 is 17.3 Å². The zero-order chi connectivity index (χ0) is 18.8. The van der Waals surface area contributed by atoms with E-state index in [-0.39, 0.29) is 17.9 Å². The van der Waals surface area contributed by atoms with Crippen molar-refractivity contribution in [3.05, 3.63) is 68.8 Å². The van der Waals surface area contributed by atoms with Gasteiger partial charge in [0.05, 0.1) is 11.5 Å². The smallest absolute Gasteiger partial charge is 0.273 e. The highest BCUT2D eigenvalue weighted by atomic mass is 16.6. The summed E-state index contributed by atoms with van der Waals surface area (Å²) >= 11 is 0. The Balaban J connectivity index is 2.37. The molecule has 25 heavy (non-hydrogen) atoms. The third kappa shape index (κ3) is 4.22. The Morgan fingerprint density at radius 1 is 1.20 bits per heavy atom. The summed E-state index contributed by atoms with van der Waals surface area (Å²) in [4.78, 5) is 23.4. The van der Waals surface area contributed by atoms with Crippen molar-refractivity contribution in [3.63, 3.8) is 0 Å². The Labute approximate surface area is 146 Å². The van der Waals surface area contributed by atoms with Gasteiger partial charge in [0, 0.05) is 22.9 Å². The van der Waals surface area contributed by atoms with E-state index >= 15 is 0 Å². The van der Waals surface area contributed by atoms with Gasteiger partial charge in [-0.3, -0.25) is 14.9 Å². The molecule has 1 amide bonds. The van der Waals surface area contributed by atoms with Gasteiger partial charge in [-0.15, -0.1) is 0 Å². The fourth-order valence-electron chi connectivity index (χ4n) is 2.55. The number of carbonyl (C=O) groups is 1. The Kier molecular flexibility index (Phi) is 5.23. The van der Waals surface area contributed by atoms with Gasteiger partial charge in [0.1, 0.15) is 0 Å². The van der Waals surface area contributed by atoms with Crippen molar-refractivity contribution in [2.24, 2.45) is 0 Å². The van der Waals surface area contributed by atoms with Crippen LogP contribution in [0.25, 0.3) is 0 Å². The van der Waals surface area contributed by atoms with E-state index in [0.717, 1.165) is 5.56 Å². The summed E-state index contributed by atoms with van der Waals surface area (Å²) in [5, 5.41) is 23.4. The van der Waals surface area contributed by atoms with Gasteiger partial charge in [0.25, 0.3) is 11.6 Å². The molecule has 6 heteroatoms. The van der Waals surface area contributed by atoms with Crippen LogP contribution in [0.15, 0.2) is 36.4 Å². The molecule has 0 unspecified atom stereocenters. The van der Waals surface area contributed by atoms with Crippen LogP contribution in [-0.2, 0) is 12.0 Å². The molecular weight excluding hydrogens is 320 g/mol. The highest BCUT2D eigenvalue weighted by Crippen LogP contribution is 2.32. The number of benzene rings is 2. The molecule has 2 aromatic carbocycles. The van der Waals surface area contributed by atoms with Crippen LogP contribution in [0.4, 0.5) is 11.4 Å². The normalized spacial score (nSPS) is 11.2. The number of aliphatic hydroxyl groups excluding tert-OH is 1. The molecule has 132 valence electrons. The Morgan fingerprint density at radius 2 is 1.88 bits per heavy atom. The number of nitro benzene ring substituents is 1. The van der Waals surface area contributed by atoms with Crippen molar-refractivity contribution in [2.45, 2.75) is 39.7 Å². The summed E-state index contributed by atoms with van der Waals surface area (Å²) in [5.41, 5.74) is 2.41. The molecule has 2 aromatic rings. The average molecular weight is 342 g/mol. The van der Waals surface area contributed by atoms with E-state index in [1.54, 1.807) is 30.3 Å². The van der Waals surface area contributed by atoms with E-state index in [1.807, 2.05) is 27.7 Å². The van der Waals surface area contributed by atoms with Gasteiger partial charge in [-0.25, -0.2) is 0 Å². The zero-order valence-corrected chi connectivity index (χ0v) is 14.8. The van der Waals surface area contributed by atoms with E-state index in [2.05, 4.69) is 5.32 Å². The molecule has 0 aromatic heterocycles. The Morgan fingerprint density at radius 3 is 2.44 bits per heavy atom. The fourth-order valence-corrected chi connectivity index (χ4v) is 2.55. The molecule has 0 saturated heterocycles. The molecule has 0 aliphatic carbocycles. The molecule has 2 N–H and O–H groups in total. The Hall–Kier alpha value is -2.73. The second kappa shape index (κ2) is 7.03. The van der Waals surface area contributed by atoms with Gasteiger partial charge in [0.15, 0.2) is 0 Å². The van der Waals surface area contributed by atoms with Gasteiger partial charge in [-0.2, -0.15) is 0 Å². The second-order valence-corrected chi connectivity index (χ2v) is 7.00. The minimum absolute atomic E-state index is 0.0685. The maximum atomic E-state index is 12.5. The van der Waals surface area contributed by atoms with Gasteiger partial charge >= 0.3 is 0 Å². The van der Waals surface area contributed by atoms with Crippen LogP contribution in [0.3, 0.4) is 0 Å². The van der Waals surface area contributed by atoms with E-state index in [9.17, 15) is 20.0 Å². The van der Waals surface area contributed by atoms with Crippen LogP contribution in [0.5, 0.6) is 0 Å². The topological polar surface area (TPSA) is 92.5 Å². The van der Waals surface area contributed by atoms with E-state index in [1.165, 1.54) is 6.07 Å². The van der Waals surface area contributed by atoms with Crippen LogP contribution in [0.1, 0.15) is 47.8 Å². The minimum Gasteiger partial charge on any atom is -0.392 e. The van der Waals surface area contributed by atoms with Crippen molar-refractivity contribution in [1.29, 1.82) is 0 Å². The molecular formula is C19H22N2O4. The summed E-state index contributed by atoms with van der Waals surface area (Å²) in [6.45, 7) is 7.37. The number of amides is 1. The number of anilines is 1. The highest BCUT2D eigenvalue weighted by molar-refractivity contribution is 6.05. The van der Waals surface area contributed by atoms with Gasteiger partial charge in [-0.1, -0.05) is 39.0 Å².